The van der Waals surface area contributed by atoms with E-state index in [1.54, 1.807) is 30.3 Å². The fourth-order valence-electron chi connectivity index (χ4n) is 2.12. The van der Waals surface area contributed by atoms with Crippen LogP contribution in [0.4, 0.5) is 11.5 Å². The zero-order valence-electron chi connectivity index (χ0n) is 13.0. The Morgan fingerprint density at radius 2 is 1.76 bits per heavy atom. The SMILES string of the molecule is O=C(NCc1ccccc1)c1ccc(Nc2cc(Cl)ccc2Cl)nn1. The summed E-state index contributed by atoms with van der Waals surface area (Å²) in [5.74, 6) is 0.174. The van der Waals surface area contributed by atoms with Gasteiger partial charge >= 0.3 is 0 Å². The number of amides is 1. The molecule has 0 atom stereocenters. The van der Waals surface area contributed by atoms with E-state index >= 15 is 0 Å². The van der Waals surface area contributed by atoms with Crippen molar-refractivity contribution in [2.45, 2.75) is 6.54 Å². The standard InChI is InChI=1S/C18H14Cl2N4O/c19-13-6-7-14(20)16(10-13)22-17-9-8-15(23-24-17)18(25)21-11-12-4-2-1-3-5-12/h1-10H,11H2,(H,21,25)(H,22,24). The summed E-state index contributed by atoms with van der Waals surface area (Å²) in [5, 5.41) is 14.8. The molecule has 0 aliphatic rings. The van der Waals surface area contributed by atoms with Gasteiger partial charge in [0.2, 0.25) is 0 Å². The lowest BCUT2D eigenvalue weighted by Gasteiger charge is -2.08. The number of nitrogens with zero attached hydrogens (tertiary/aromatic N) is 2. The number of anilines is 2. The van der Waals surface area contributed by atoms with E-state index in [1.165, 1.54) is 0 Å². The minimum atomic E-state index is -0.288. The number of nitrogens with one attached hydrogen (secondary N) is 2. The fourth-order valence-corrected chi connectivity index (χ4v) is 2.46. The Bertz CT molecular complexity index is 870. The van der Waals surface area contributed by atoms with Crippen LogP contribution >= 0.6 is 23.2 Å². The molecule has 3 aromatic rings. The molecular weight excluding hydrogens is 359 g/mol. The largest absolute Gasteiger partial charge is 0.347 e. The molecule has 0 saturated heterocycles. The van der Waals surface area contributed by atoms with Crippen molar-refractivity contribution < 1.29 is 4.79 Å². The van der Waals surface area contributed by atoms with Crippen LogP contribution in [0, 0.1) is 0 Å². The van der Waals surface area contributed by atoms with E-state index in [2.05, 4.69) is 20.8 Å². The molecule has 0 aliphatic carbocycles. The predicted molar refractivity (Wildman–Crippen MR) is 99.4 cm³/mol. The summed E-state index contributed by atoms with van der Waals surface area (Å²) in [6, 6.07) is 18.0. The highest BCUT2D eigenvalue weighted by Crippen LogP contribution is 2.27. The van der Waals surface area contributed by atoms with E-state index in [1.807, 2.05) is 30.3 Å². The number of rotatable bonds is 5. The summed E-state index contributed by atoms with van der Waals surface area (Å²) in [4.78, 5) is 12.1. The van der Waals surface area contributed by atoms with Crippen LogP contribution in [0.5, 0.6) is 0 Å². The first-order valence-electron chi connectivity index (χ1n) is 7.50. The molecular formula is C18H14Cl2N4O. The first-order valence-corrected chi connectivity index (χ1v) is 8.25. The molecule has 0 saturated carbocycles. The van der Waals surface area contributed by atoms with Crippen molar-refractivity contribution in [3.05, 3.63) is 82.0 Å². The van der Waals surface area contributed by atoms with E-state index in [4.69, 9.17) is 23.2 Å². The first-order chi connectivity index (χ1) is 12.1. The van der Waals surface area contributed by atoms with Gasteiger partial charge in [0.15, 0.2) is 11.5 Å². The Kier molecular flexibility index (Phi) is 5.48. The zero-order chi connectivity index (χ0) is 17.6. The van der Waals surface area contributed by atoms with Gasteiger partial charge in [-0.25, -0.2) is 0 Å². The van der Waals surface area contributed by atoms with Gasteiger partial charge in [-0.1, -0.05) is 53.5 Å². The first kappa shape index (κ1) is 17.2. The van der Waals surface area contributed by atoms with Crippen LogP contribution in [0.25, 0.3) is 0 Å². The molecule has 0 unspecified atom stereocenters. The van der Waals surface area contributed by atoms with Crippen molar-refractivity contribution in [1.82, 2.24) is 15.5 Å². The smallest absolute Gasteiger partial charge is 0.272 e. The van der Waals surface area contributed by atoms with E-state index < -0.39 is 0 Å². The molecule has 25 heavy (non-hydrogen) atoms. The molecule has 5 nitrogen and oxygen atoms in total. The van der Waals surface area contributed by atoms with Gasteiger partial charge in [0.1, 0.15) is 0 Å². The summed E-state index contributed by atoms with van der Waals surface area (Å²) in [6.07, 6.45) is 0. The molecule has 0 radical (unpaired) electrons. The zero-order valence-corrected chi connectivity index (χ0v) is 14.6. The molecule has 1 heterocycles. The summed E-state index contributed by atoms with van der Waals surface area (Å²) in [7, 11) is 0. The maximum Gasteiger partial charge on any atom is 0.272 e. The Morgan fingerprint density at radius 1 is 0.960 bits per heavy atom. The second-order valence-electron chi connectivity index (χ2n) is 5.22. The predicted octanol–water partition coefficient (Wildman–Crippen LogP) is 4.46. The van der Waals surface area contributed by atoms with Crippen molar-refractivity contribution in [2.75, 3.05) is 5.32 Å². The van der Waals surface area contributed by atoms with Gasteiger partial charge in [-0.2, -0.15) is 0 Å². The van der Waals surface area contributed by atoms with E-state index in [0.717, 1.165) is 5.56 Å². The number of carbonyl (C=O) groups excluding carboxylic acids is 1. The van der Waals surface area contributed by atoms with Crippen molar-refractivity contribution in [2.24, 2.45) is 0 Å². The number of benzene rings is 2. The molecule has 0 fully saturated rings. The second-order valence-corrected chi connectivity index (χ2v) is 6.06. The van der Waals surface area contributed by atoms with Crippen LogP contribution in [-0.2, 0) is 6.54 Å². The molecule has 2 N–H and O–H groups in total. The molecule has 0 bridgehead atoms. The maximum atomic E-state index is 12.1. The summed E-state index contributed by atoms with van der Waals surface area (Å²) < 4.78 is 0. The maximum absolute atomic E-state index is 12.1. The monoisotopic (exact) mass is 372 g/mol. The van der Waals surface area contributed by atoms with Crippen LogP contribution in [0.15, 0.2) is 60.7 Å². The number of halogens is 2. The third-order valence-corrected chi connectivity index (χ3v) is 3.95. The van der Waals surface area contributed by atoms with Gasteiger partial charge in [0, 0.05) is 11.6 Å². The highest BCUT2D eigenvalue weighted by Gasteiger charge is 2.09. The van der Waals surface area contributed by atoms with Gasteiger partial charge in [-0.05, 0) is 35.9 Å². The molecule has 0 aliphatic heterocycles. The Labute approximate surface area is 155 Å². The van der Waals surface area contributed by atoms with Crippen LogP contribution in [0.1, 0.15) is 16.1 Å². The molecule has 3 rings (SSSR count). The molecule has 2 aromatic carbocycles. The number of hydrogen-bond donors (Lipinski definition) is 2. The quantitative estimate of drug-likeness (QED) is 0.693. The minimum Gasteiger partial charge on any atom is -0.347 e. The summed E-state index contributed by atoms with van der Waals surface area (Å²) in [6.45, 7) is 0.430. The van der Waals surface area contributed by atoms with Crippen LogP contribution in [0.3, 0.4) is 0 Å². The number of hydrogen-bond acceptors (Lipinski definition) is 4. The van der Waals surface area contributed by atoms with Gasteiger partial charge < -0.3 is 10.6 Å². The normalized spacial score (nSPS) is 10.3. The van der Waals surface area contributed by atoms with Crippen LogP contribution in [0.2, 0.25) is 10.0 Å². The van der Waals surface area contributed by atoms with Crippen LogP contribution < -0.4 is 10.6 Å². The molecule has 1 aromatic heterocycles. The Morgan fingerprint density at radius 3 is 2.48 bits per heavy atom. The van der Waals surface area contributed by atoms with Crippen molar-refractivity contribution in [1.29, 1.82) is 0 Å². The Hall–Kier alpha value is -2.63. The lowest BCUT2D eigenvalue weighted by molar-refractivity contribution is 0.0945. The lowest BCUT2D eigenvalue weighted by atomic mass is 10.2. The molecule has 126 valence electrons. The van der Waals surface area contributed by atoms with Crippen molar-refractivity contribution in [3.8, 4) is 0 Å². The molecule has 1 amide bonds. The summed E-state index contributed by atoms with van der Waals surface area (Å²) in [5.41, 5.74) is 1.86. The fraction of sp³-hybridized carbons (Fsp3) is 0.0556. The van der Waals surface area contributed by atoms with Gasteiger partial charge in [0.25, 0.3) is 5.91 Å². The minimum absolute atomic E-state index is 0.235. The highest BCUT2D eigenvalue weighted by molar-refractivity contribution is 6.35. The third kappa shape index (κ3) is 4.68. The number of carbonyl (C=O) groups is 1. The second kappa shape index (κ2) is 7.96. The Balaban J connectivity index is 1.63. The van der Waals surface area contributed by atoms with Crippen molar-refractivity contribution in [3.63, 3.8) is 0 Å². The van der Waals surface area contributed by atoms with Gasteiger partial charge in [-0.3, -0.25) is 4.79 Å². The molecule has 7 heteroatoms. The topological polar surface area (TPSA) is 66.9 Å². The van der Waals surface area contributed by atoms with Crippen molar-refractivity contribution >= 4 is 40.6 Å². The average Bonchev–Trinajstić information content (AvgIpc) is 2.64. The lowest BCUT2D eigenvalue weighted by Crippen LogP contribution is -2.24. The number of aromatic nitrogens is 2. The third-order valence-electron chi connectivity index (χ3n) is 3.38. The average molecular weight is 373 g/mol. The summed E-state index contributed by atoms with van der Waals surface area (Å²) >= 11 is 12.0. The van der Waals surface area contributed by atoms with Gasteiger partial charge in [-0.15, -0.1) is 10.2 Å². The van der Waals surface area contributed by atoms with E-state index in [0.29, 0.717) is 28.1 Å². The van der Waals surface area contributed by atoms with E-state index in [9.17, 15) is 4.79 Å². The van der Waals surface area contributed by atoms with Gasteiger partial charge in [0.05, 0.1) is 10.7 Å². The van der Waals surface area contributed by atoms with Crippen LogP contribution in [-0.4, -0.2) is 16.1 Å². The van der Waals surface area contributed by atoms with E-state index in [-0.39, 0.29) is 11.6 Å². The highest BCUT2D eigenvalue weighted by atomic mass is 35.5. The molecule has 0 spiro atoms.